The zero-order valence-corrected chi connectivity index (χ0v) is 9.57. The molecular formula is C11H19N3O. The summed E-state index contributed by atoms with van der Waals surface area (Å²) in [5.41, 5.74) is 1.08. The number of nitrogens with one attached hydrogen (secondary N) is 1. The SMILES string of the molecule is CNc1cc(N(CCO)C(C)C)ccn1. The summed E-state index contributed by atoms with van der Waals surface area (Å²) in [5.74, 6) is 0.844. The zero-order chi connectivity index (χ0) is 11.3. The van der Waals surface area contributed by atoms with E-state index in [4.69, 9.17) is 5.11 Å². The first-order chi connectivity index (χ1) is 7.19. The van der Waals surface area contributed by atoms with Gasteiger partial charge in [-0.1, -0.05) is 0 Å². The number of pyridine rings is 1. The van der Waals surface area contributed by atoms with Crippen LogP contribution in [0.25, 0.3) is 0 Å². The lowest BCUT2D eigenvalue weighted by atomic mass is 10.2. The van der Waals surface area contributed by atoms with Crippen LogP contribution in [0.5, 0.6) is 0 Å². The first-order valence-electron chi connectivity index (χ1n) is 5.20. The Morgan fingerprint density at radius 3 is 2.80 bits per heavy atom. The van der Waals surface area contributed by atoms with Gasteiger partial charge in [-0.2, -0.15) is 0 Å². The monoisotopic (exact) mass is 209 g/mol. The van der Waals surface area contributed by atoms with Gasteiger partial charge in [0.25, 0.3) is 0 Å². The van der Waals surface area contributed by atoms with Crippen molar-refractivity contribution in [1.82, 2.24) is 4.98 Å². The van der Waals surface area contributed by atoms with Gasteiger partial charge in [0.1, 0.15) is 5.82 Å². The Morgan fingerprint density at radius 1 is 1.53 bits per heavy atom. The van der Waals surface area contributed by atoms with Crippen LogP contribution in [0.4, 0.5) is 11.5 Å². The molecule has 1 aromatic rings. The third kappa shape index (κ3) is 3.09. The lowest BCUT2D eigenvalue weighted by molar-refractivity contribution is 0.299. The van der Waals surface area contributed by atoms with Crippen LogP contribution >= 0.6 is 0 Å². The number of aliphatic hydroxyl groups excluding tert-OH is 1. The van der Waals surface area contributed by atoms with Crippen molar-refractivity contribution in [3.8, 4) is 0 Å². The van der Waals surface area contributed by atoms with Crippen LogP contribution in [-0.2, 0) is 0 Å². The molecule has 0 spiro atoms. The number of hydrogen-bond acceptors (Lipinski definition) is 4. The predicted molar refractivity (Wildman–Crippen MR) is 63.4 cm³/mol. The third-order valence-electron chi connectivity index (χ3n) is 2.30. The number of hydrogen-bond donors (Lipinski definition) is 2. The molecule has 4 heteroatoms. The van der Waals surface area contributed by atoms with E-state index >= 15 is 0 Å². The summed E-state index contributed by atoms with van der Waals surface area (Å²) < 4.78 is 0. The molecule has 0 fully saturated rings. The lowest BCUT2D eigenvalue weighted by Gasteiger charge is -2.28. The molecule has 0 aliphatic heterocycles. The Labute approximate surface area is 90.9 Å². The maximum atomic E-state index is 9.00. The molecular weight excluding hydrogens is 190 g/mol. The van der Waals surface area contributed by atoms with Crippen molar-refractivity contribution in [2.75, 3.05) is 30.4 Å². The summed E-state index contributed by atoms with van der Waals surface area (Å²) in [5, 5.41) is 12.0. The molecule has 0 bridgehead atoms. The molecule has 0 amide bonds. The molecule has 84 valence electrons. The van der Waals surface area contributed by atoms with E-state index in [0.717, 1.165) is 11.5 Å². The van der Waals surface area contributed by atoms with Gasteiger partial charge in [-0.05, 0) is 19.9 Å². The highest BCUT2D eigenvalue weighted by molar-refractivity contribution is 5.54. The Hall–Kier alpha value is -1.29. The van der Waals surface area contributed by atoms with Crippen molar-refractivity contribution in [3.63, 3.8) is 0 Å². The van der Waals surface area contributed by atoms with Crippen molar-refractivity contribution < 1.29 is 5.11 Å². The van der Waals surface area contributed by atoms with E-state index in [1.807, 2.05) is 19.2 Å². The second-order valence-corrected chi connectivity index (χ2v) is 3.66. The van der Waals surface area contributed by atoms with E-state index in [1.54, 1.807) is 6.20 Å². The number of nitrogens with zero attached hydrogens (tertiary/aromatic N) is 2. The van der Waals surface area contributed by atoms with Crippen LogP contribution in [-0.4, -0.2) is 36.3 Å². The van der Waals surface area contributed by atoms with Crippen molar-refractivity contribution in [2.24, 2.45) is 0 Å². The summed E-state index contributed by atoms with van der Waals surface area (Å²) in [6, 6.07) is 4.30. The van der Waals surface area contributed by atoms with Crippen LogP contribution in [0.2, 0.25) is 0 Å². The van der Waals surface area contributed by atoms with E-state index in [2.05, 4.69) is 29.0 Å². The largest absolute Gasteiger partial charge is 0.395 e. The van der Waals surface area contributed by atoms with E-state index in [0.29, 0.717) is 12.6 Å². The van der Waals surface area contributed by atoms with Gasteiger partial charge < -0.3 is 15.3 Å². The smallest absolute Gasteiger partial charge is 0.127 e. The van der Waals surface area contributed by atoms with E-state index < -0.39 is 0 Å². The molecule has 0 aromatic carbocycles. The van der Waals surface area contributed by atoms with Crippen molar-refractivity contribution in [3.05, 3.63) is 18.3 Å². The molecule has 15 heavy (non-hydrogen) atoms. The molecule has 1 rings (SSSR count). The Bertz CT molecular complexity index is 302. The average Bonchev–Trinajstić information content (AvgIpc) is 2.25. The van der Waals surface area contributed by atoms with Crippen LogP contribution in [0.1, 0.15) is 13.8 Å². The minimum Gasteiger partial charge on any atom is -0.395 e. The summed E-state index contributed by atoms with van der Waals surface area (Å²) in [6.07, 6.45) is 1.77. The van der Waals surface area contributed by atoms with Gasteiger partial charge in [-0.15, -0.1) is 0 Å². The number of aromatic nitrogens is 1. The van der Waals surface area contributed by atoms with Crippen LogP contribution in [0.15, 0.2) is 18.3 Å². The summed E-state index contributed by atoms with van der Waals surface area (Å²) >= 11 is 0. The van der Waals surface area contributed by atoms with Gasteiger partial charge in [0, 0.05) is 37.6 Å². The summed E-state index contributed by atoms with van der Waals surface area (Å²) in [6.45, 7) is 5.02. The quantitative estimate of drug-likeness (QED) is 0.768. The van der Waals surface area contributed by atoms with E-state index in [1.165, 1.54) is 0 Å². The summed E-state index contributed by atoms with van der Waals surface area (Å²) in [4.78, 5) is 6.30. The zero-order valence-electron chi connectivity index (χ0n) is 9.57. The standard InChI is InChI=1S/C11H19N3O/c1-9(2)14(6-7-15)10-4-5-13-11(8-10)12-3/h4-5,8-9,15H,6-7H2,1-3H3,(H,12,13). The van der Waals surface area contributed by atoms with Gasteiger partial charge >= 0.3 is 0 Å². The fourth-order valence-electron chi connectivity index (χ4n) is 1.53. The van der Waals surface area contributed by atoms with Crippen molar-refractivity contribution in [2.45, 2.75) is 19.9 Å². The molecule has 0 saturated heterocycles. The van der Waals surface area contributed by atoms with Gasteiger partial charge in [0.15, 0.2) is 0 Å². The highest BCUT2D eigenvalue weighted by Gasteiger charge is 2.10. The molecule has 0 saturated carbocycles. The normalized spacial score (nSPS) is 10.5. The van der Waals surface area contributed by atoms with Crippen molar-refractivity contribution in [1.29, 1.82) is 0 Å². The Kier molecular flexibility index (Phi) is 4.37. The lowest BCUT2D eigenvalue weighted by Crippen LogP contribution is -2.33. The van der Waals surface area contributed by atoms with E-state index in [-0.39, 0.29) is 6.61 Å². The van der Waals surface area contributed by atoms with Gasteiger partial charge in [-0.25, -0.2) is 4.98 Å². The van der Waals surface area contributed by atoms with Gasteiger partial charge in [-0.3, -0.25) is 0 Å². The molecule has 1 aromatic heterocycles. The highest BCUT2D eigenvalue weighted by Crippen LogP contribution is 2.18. The highest BCUT2D eigenvalue weighted by atomic mass is 16.3. The van der Waals surface area contributed by atoms with Crippen LogP contribution < -0.4 is 10.2 Å². The molecule has 2 N–H and O–H groups in total. The Morgan fingerprint density at radius 2 is 2.27 bits per heavy atom. The van der Waals surface area contributed by atoms with Crippen molar-refractivity contribution >= 4 is 11.5 Å². The fraction of sp³-hybridized carbons (Fsp3) is 0.545. The number of anilines is 2. The molecule has 0 aliphatic carbocycles. The molecule has 0 unspecified atom stereocenters. The Balaban J connectivity index is 2.89. The van der Waals surface area contributed by atoms with Crippen LogP contribution in [0, 0.1) is 0 Å². The third-order valence-corrected chi connectivity index (χ3v) is 2.30. The first kappa shape index (κ1) is 11.8. The molecule has 4 nitrogen and oxygen atoms in total. The number of rotatable bonds is 5. The first-order valence-corrected chi connectivity index (χ1v) is 5.20. The predicted octanol–water partition coefficient (Wildman–Crippen LogP) is 1.33. The summed E-state index contributed by atoms with van der Waals surface area (Å²) in [7, 11) is 1.85. The van der Waals surface area contributed by atoms with Gasteiger partial charge in [0.05, 0.1) is 6.61 Å². The van der Waals surface area contributed by atoms with E-state index in [9.17, 15) is 0 Å². The molecule has 1 heterocycles. The topological polar surface area (TPSA) is 48.4 Å². The maximum Gasteiger partial charge on any atom is 0.127 e. The molecule has 0 aliphatic rings. The van der Waals surface area contributed by atoms with Gasteiger partial charge in [0.2, 0.25) is 0 Å². The second-order valence-electron chi connectivity index (χ2n) is 3.66. The minimum atomic E-state index is 0.162. The molecule has 0 radical (unpaired) electrons. The van der Waals surface area contributed by atoms with Crippen LogP contribution in [0.3, 0.4) is 0 Å². The number of aliphatic hydroxyl groups is 1. The fourth-order valence-corrected chi connectivity index (χ4v) is 1.53. The molecule has 0 atom stereocenters. The maximum absolute atomic E-state index is 9.00. The second kappa shape index (κ2) is 5.56. The average molecular weight is 209 g/mol. The minimum absolute atomic E-state index is 0.162.